The summed E-state index contributed by atoms with van der Waals surface area (Å²) < 4.78 is 34.9. The molecule has 0 saturated heterocycles. The molecule has 2 fully saturated rings. The molecule has 5 rings (SSSR count). The van der Waals surface area contributed by atoms with Crippen LogP contribution < -0.4 is 0 Å². The van der Waals surface area contributed by atoms with E-state index < -0.39 is 25.8 Å². The van der Waals surface area contributed by atoms with Crippen LogP contribution in [-0.4, -0.2) is 20.0 Å². The number of benzene rings is 3. The monoisotopic (exact) mass is 536 g/mol. The van der Waals surface area contributed by atoms with Crippen molar-refractivity contribution in [1.82, 2.24) is 0 Å². The van der Waals surface area contributed by atoms with Gasteiger partial charge in [0.1, 0.15) is 5.78 Å². The van der Waals surface area contributed by atoms with Crippen molar-refractivity contribution in [2.75, 3.05) is 5.75 Å². The summed E-state index contributed by atoms with van der Waals surface area (Å²) in [5.74, 6) is 0.379. The Morgan fingerprint density at radius 1 is 0.838 bits per heavy atom. The number of carbonyl (C=O) groups excluding carboxylic acids is 1. The Kier molecular flexibility index (Phi) is 6.66. The first kappa shape index (κ1) is 26.2. The molecular weight excluding hydrogens is 500 g/mol. The van der Waals surface area contributed by atoms with Crippen molar-refractivity contribution in [3.63, 3.8) is 0 Å². The zero-order chi connectivity index (χ0) is 26.5. The van der Waals surface area contributed by atoms with Crippen molar-refractivity contribution in [2.24, 2.45) is 16.7 Å². The van der Waals surface area contributed by atoms with Crippen molar-refractivity contribution < 1.29 is 16.8 Å². The molecule has 0 amide bonds. The summed E-state index contributed by atoms with van der Waals surface area (Å²) in [5, 5.41) is 0. The molecule has 0 aliphatic heterocycles. The highest BCUT2D eigenvalue weighted by Crippen LogP contribution is 2.71. The molecule has 2 aliphatic rings. The van der Waals surface area contributed by atoms with Crippen LogP contribution in [0, 0.1) is 16.7 Å². The molecule has 0 radical (unpaired) electrons. The molecule has 0 aromatic heterocycles. The summed E-state index contributed by atoms with van der Waals surface area (Å²) in [6.07, 6.45) is 1.96. The van der Waals surface area contributed by atoms with E-state index in [1.54, 1.807) is 0 Å². The Hall–Kier alpha value is -2.41. The topological polar surface area (TPSA) is 60.4 Å². The Balaban J connectivity index is 1.68. The summed E-state index contributed by atoms with van der Waals surface area (Å²) in [7, 11) is -6.77. The van der Waals surface area contributed by atoms with Crippen LogP contribution in [0.15, 0.2) is 99.6 Å². The zero-order valence-electron chi connectivity index (χ0n) is 22.0. The predicted molar refractivity (Wildman–Crippen MR) is 149 cm³/mol. The number of carbonyl (C=O) groups is 1. The smallest absolute Gasteiger partial charge is 0.278 e. The van der Waals surface area contributed by atoms with Gasteiger partial charge >= 0.3 is 0 Å². The summed E-state index contributed by atoms with van der Waals surface area (Å²) in [4.78, 5) is 15.6. The molecule has 196 valence electrons. The number of Topliss-reactive ketones (excluding diaryl/α,β-unsaturated/α-hetero) is 1. The molecule has 4 nitrogen and oxygen atoms in total. The Morgan fingerprint density at radius 3 is 1.78 bits per heavy atom. The molecule has 3 aromatic rings. The van der Waals surface area contributed by atoms with Crippen molar-refractivity contribution >= 4 is 26.2 Å². The fraction of sp³-hybridized carbons (Fsp3) is 0.387. The van der Waals surface area contributed by atoms with E-state index in [0.29, 0.717) is 18.8 Å². The minimum absolute atomic E-state index is 0.0715. The normalized spacial score (nSPS) is 23.5. The molecule has 37 heavy (non-hydrogen) atoms. The lowest BCUT2D eigenvalue weighted by Gasteiger charge is -2.41. The third-order valence-corrected chi connectivity index (χ3v) is 14.1. The third kappa shape index (κ3) is 4.27. The van der Waals surface area contributed by atoms with Crippen molar-refractivity contribution in [2.45, 2.75) is 67.6 Å². The largest absolute Gasteiger partial charge is 0.299 e. The lowest BCUT2D eigenvalue weighted by molar-refractivity contribution is -0.128. The maximum atomic E-state index is 14.2. The summed E-state index contributed by atoms with van der Waals surface area (Å²) in [6.45, 7) is 8.40. The first-order chi connectivity index (χ1) is 17.5. The van der Waals surface area contributed by atoms with E-state index in [9.17, 15) is 13.2 Å². The van der Waals surface area contributed by atoms with Gasteiger partial charge in [0.05, 0.1) is 11.2 Å². The van der Waals surface area contributed by atoms with Crippen LogP contribution in [-0.2, 0) is 18.5 Å². The fourth-order valence-electron chi connectivity index (χ4n) is 6.38. The van der Waals surface area contributed by atoms with Crippen LogP contribution >= 0.6 is 10.3 Å². The lowest BCUT2D eigenvalue weighted by Crippen LogP contribution is -2.42. The Labute approximate surface area is 223 Å². The highest BCUT2D eigenvalue weighted by molar-refractivity contribution is 8.33. The van der Waals surface area contributed by atoms with Crippen LogP contribution in [0.5, 0.6) is 0 Å². The van der Waals surface area contributed by atoms with Gasteiger partial charge in [-0.2, -0.15) is 8.42 Å². The number of hydrogen-bond donors (Lipinski definition) is 0. The average Bonchev–Trinajstić information content (AvgIpc) is 3.22. The molecule has 2 atom stereocenters. The standard InChI is InChI=1S/C31H36O4S2/c1-23(2)24-15-17-28(18-16-24)37(26-11-7-5-8-12-26,27-13-9-6-10-14-27)35-36(33,34)22-31-20-19-25(21-29(31)32)30(31,3)4/h5-18,23,25H,19-22H2,1-4H3. The number of ketones is 1. The van der Waals surface area contributed by atoms with Crippen LogP contribution in [0.2, 0.25) is 0 Å². The van der Waals surface area contributed by atoms with Gasteiger partial charge in [0.2, 0.25) is 0 Å². The van der Waals surface area contributed by atoms with Gasteiger partial charge in [-0.3, -0.25) is 4.79 Å². The molecule has 2 unspecified atom stereocenters. The fourth-order valence-corrected chi connectivity index (χ4v) is 12.5. The van der Waals surface area contributed by atoms with Crippen LogP contribution in [0.3, 0.4) is 0 Å². The van der Waals surface area contributed by atoms with Gasteiger partial charge in [0.15, 0.2) is 0 Å². The summed E-state index contributed by atoms with van der Waals surface area (Å²) in [5.41, 5.74) is -0.0804. The Bertz CT molecular complexity index is 1340. The highest BCUT2D eigenvalue weighted by atomic mass is 32.3. The quantitative estimate of drug-likeness (QED) is 0.295. The first-order valence-corrected chi connectivity index (χ1v) is 16.2. The van der Waals surface area contributed by atoms with Gasteiger partial charge in [-0.05, 0) is 82.4 Å². The summed E-state index contributed by atoms with van der Waals surface area (Å²) in [6, 6.07) is 27.5. The lowest BCUT2D eigenvalue weighted by atomic mass is 9.70. The van der Waals surface area contributed by atoms with Gasteiger partial charge in [0.25, 0.3) is 10.1 Å². The van der Waals surface area contributed by atoms with Gasteiger partial charge < -0.3 is 0 Å². The van der Waals surface area contributed by atoms with Gasteiger partial charge in [0, 0.05) is 21.1 Å². The van der Waals surface area contributed by atoms with Crippen LogP contribution in [0.4, 0.5) is 0 Å². The molecule has 0 spiro atoms. The SMILES string of the molecule is CC(C)c1ccc(S(OS(=O)(=O)CC23CCC(CC2=O)C3(C)C)(c2ccccc2)c2ccccc2)cc1. The second-order valence-electron chi connectivity index (χ2n) is 11.3. The van der Waals surface area contributed by atoms with Crippen molar-refractivity contribution in [3.05, 3.63) is 90.5 Å². The molecule has 2 aliphatic carbocycles. The number of fused-ring (bicyclic) bond motifs is 2. The predicted octanol–water partition coefficient (Wildman–Crippen LogP) is 7.75. The maximum Gasteiger partial charge on any atom is 0.278 e. The molecule has 0 heterocycles. The van der Waals surface area contributed by atoms with Crippen molar-refractivity contribution in [3.8, 4) is 0 Å². The highest BCUT2D eigenvalue weighted by Gasteiger charge is 2.65. The van der Waals surface area contributed by atoms with Gasteiger partial charge in [-0.25, -0.2) is 3.63 Å². The molecule has 2 saturated carbocycles. The average molecular weight is 537 g/mol. The van der Waals surface area contributed by atoms with E-state index in [1.165, 1.54) is 5.56 Å². The second-order valence-corrected chi connectivity index (χ2v) is 15.8. The Morgan fingerprint density at radius 2 is 1.35 bits per heavy atom. The van der Waals surface area contributed by atoms with E-state index in [4.69, 9.17) is 3.63 Å². The van der Waals surface area contributed by atoms with E-state index in [2.05, 4.69) is 39.8 Å². The second kappa shape index (κ2) is 9.40. The van der Waals surface area contributed by atoms with Crippen molar-refractivity contribution in [1.29, 1.82) is 0 Å². The molecule has 0 N–H and O–H groups in total. The molecule has 6 heteroatoms. The van der Waals surface area contributed by atoms with E-state index in [1.807, 2.05) is 72.8 Å². The zero-order valence-corrected chi connectivity index (χ0v) is 23.6. The molecular formula is C31H36O4S2. The number of rotatable bonds is 8. The molecule has 2 bridgehead atoms. The number of hydrogen-bond acceptors (Lipinski definition) is 4. The molecule has 3 aromatic carbocycles. The van der Waals surface area contributed by atoms with E-state index in [-0.39, 0.29) is 22.9 Å². The van der Waals surface area contributed by atoms with Gasteiger partial charge in [-0.1, -0.05) is 76.2 Å². The van der Waals surface area contributed by atoms with Crippen LogP contribution in [0.1, 0.15) is 58.4 Å². The first-order valence-electron chi connectivity index (χ1n) is 13.0. The maximum absolute atomic E-state index is 14.2. The van der Waals surface area contributed by atoms with E-state index >= 15 is 0 Å². The van der Waals surface area contributed by atoms with Gasteiger partial charge in [-0.15, -0.1) is 0 Å². The third-order valence-electron chi connectivity index (χ3n) is 8.80. The minimum atomic E-state index is -4.13. The van der Waals surface area contributed by atoms with E-state index in [0.717, 1.165) is 21.1 Å². The summed E-state index contributed by atoms with van der Waals surface area (Å²) >= 11 is 0. The van der Waals surface area contributed by atoms with Crippen LogP contribution in [0.25, 0.3) is 0 Å². The minimum Gasteiger partial charge on any atom is -0.299 e.